The van der Waals surface area contributed by atoms with Crippen molar-refractivity contribution < 1.29 is 9.53 Å². The van der Waals surface area contributed by atoms with Crippen molar-refractivity contribution >= 4 is 17.9 Å². The van der Waals surface area contributed by atoms with Gasteiger partial charge in [-0.25, -0.2) is 0 Å². The van der Waals surface area contributed by atoms with Crippen LogP contribution in [0.5, 0.6) is 0 Å². The van der Waals surface area contributed by atoms with Crippen molar-refractivity contribution in [2.24, 2.45) is 5.92 Å². The Labute approximate surface area is 125 Å². The van der Waals surface area contributed by atoms with Gasteiger partial charge in [-0.15, -0.1) is 0 Å². The molecule has 2 nitrogen and oxygen atoms in total. The van der Waals surface area contributed by atoms with Crippen LogP contribution in [0.25, 0.3) is 0 Å². The Morgan fingerprint density at radius 2 is 2.00 bits per heavy atom. The van der Waals surface area contributed by atoms with E-state index in [1.54, 1.807) is 12.2 Å². The van der Waals surface area contributed by atoms with Gasteiger partial charge in [-0.2, -0.15) is 0 Å². The summed E-state index contributed by atoms with van der Waals surface area (Å²) in [7, 11) is 0. The zero-order valence-corrected chi connectivity index (χ0v) is 12.1. The second kappa shape index (κ2) is 7.41. The fourth-order valence-electron chi connectivity index (χ4n) is 2.20. The van der Waals surface area contributed by atoms with E-state index in [9.17, 15) is 4.79 Å². The van der Waals surface area contributed by atoms with Gasteiger partial charge >= 0.3 is 0 Å². The van der Waals surface area contributed by atoms with Gasteiger partial charge in [0, 0.05) is 6.61 Å². The zero-order chi connectivity index (χ0) is 14.3. The molecule has 0 spiro atoms. The highest BCUT2D eigenvalue weighted by Gasteiger charge is 2.34. The maximum atomic E-state index is 11.0. The topological polar surface area (TPSA) is 26.3 Å². The van der Waals surface area contributed by atoms with Crippen LogP contribution in [0.1, 0.15) is 18.4 Å². The molecule has 0 aromatic heterocycles. The molecular weight excluding hydrogens is 272 g/mol. The minimum absolute atomic E-state index is 0.414. The highest BCUT2D eigenvalue weighted by molar-refractivity contribution is 6.25. The van der Waals surface area contributed by atoms with Crippen molar-refractivity contribution in [3.8, 4) is 0 Å². The van der Waals surface area contributed by atoms with Crippen molar-refractivity contribution in [1.29, 1.82) is 0 Å². The van der Waals surface area contributed by atoms with Crippen LogP contribution in [-0.2, 0) is 16.0 Å². The van der Waals surface area contributed by atoms with Gasteiger partial charge in [0.1, 0.15) is 6.29 Å². The third-order valence-electron chi connectivity index (χ3n) is 3.38. The van der Waals surface area contributed by atoms with Gasteiger partial charge in [-0.3, -0.25) is 0 Å². The standard InChI is InChI=1S/C17H19ClO2/c18-17(12-6-4-11-16(17)14-19)20-13-7-5-10-15-8-2-1-3-9-15/h1-4,6,8-9,11-12,14,16H,5,7,10,13H2. The molecule has 2 atom stereocenters. The highest BCUT2D eigenvalue weighted by atomic mass is 35.5. The monoisotopic (exact) mass is 290 g/mol. The van der Waals surface area contributed by atoms with Crippen LogP contribution >= 0.6 is 11.6 Å². The number of hydrogen-bond donors (Lipinski definition) is 0. The molecule has 0 saturated carbocycles. The van der Waals surface area contributed by atoms with Gasteiger partial charge in [0.15, 0.2) is 5.06 Å². The van der Waals surface area contributed by atoms with E-state index in [0.29, 0.717) is 6.61 Å². The molecule has 0 aliphatic heterocycles. The van der Waals surface area contributed by atoms with Gasteiger partial charge in [0.05, 0.1) is 5.92 Å². The summed E-state index contributed by atoms with van der Waals surface area (Å²) < 4.78 is 5.71. The molecule has 0 bridgehead atoms. The molecule has 1 aromatic carbocycles. The van der Waals surface area contributed by atoms with Crippen LogP contribution in [0.4, 0.5) is 0 Å². The first-order chi connectivity index (χ1) is 9.74. The van der Waals surface area contributed by atoms with E-state index in [1.807, 2.05) is 30.4 Å². The Hall–Kier alpha value is -1.38. The minimum atomic E-state index is -1.01. The first-order valence-corrected chi connectivity index (χ1v) is 7.30. The quantitative estimate of drug-likeness (QED) is 0.432. The highest BCUT2D eigenvalue weighted by Crippen LogP contribution is 2.31. The SMILES string of the molecule is O=CC1C=CC=CC1(Cl)OCCCCc1ccccc1. The molecule has 3 heteroatoms. The largest absolute Gasteiger partial charge is 0.355 e. The zero-order valence-electron chi connectivity index (χ0n) is 11.4. The molecule has 20 heavy (non-hydrogen) atoms. The number of hydrogen-bond acceptors (Lipinski definition) is 2. The van der Waals surface area contributed by atoms with Crippen LogP contribution in [0.2, 0.25) is 0 Å². The normalized spacial score (nSPS) is 24.8. The lowest BCUT2D eigenvalue weighted by atomic mass is 9.98. The van der Waals surface area contributed by atoms with Crippen LogP contribution in [0.3, 0.4) is 0 Å². The fraction of sp³-hybridized carbons (Fsp3) is 0.353. The number of ether oxygens (including phenoxy) is 1. The van der Waals surface area contributed by atoms with Gasteiger partial charge in [-0.1, -0.05) is 60.2 Å². The summed E-state index contributed by atoms with van der Waals surface area (Å²) in [4.78, 5) is 11.0. The number of alkyl halides is 1. The summed E-state index contributed by atoms with van der Waals surface area (Å²) in [6.07, 6.45) is 11.0. The Bertz CT molecular complexity index is 481. The summed E-state index contributed by atoms with van der Waals surface area (Å²) in [6.45, 7) is 0.554. The first-order valence-electron chi connectivity index (χ1n) is 6.93. The van der Waals surface area contributed by atoms with E-state index >= 15 is 0 Å². The number of allylic oxidation sites excluding steroid dienone is 2. The molecule has 0 amide bonds. The second-order valence-electron chi connectivity index (χ2n) is 4.89. The van der Waals surface area contributed by atoms with E-state index in [2.05, 4.69) is 12.1 Å². The number of halogens is 1. The second-order valence-corrected chi connectivity index (χ2v) is 5.49. The summed E-state index contributed by atoms with van der Waals surface area (Å²) in [5.41, 5.74) is 1.33. The summed E-state index contributed by atoms with van der Waals surface area (Å²) in [5.74, 6) is -0.414. The Morgan fingerprint density at radius 1 is 1.20 bits per heavy atom. The van der Waals surface area contributed by atoms with E-state index in [1.165, 1.54) is 5.56 Å². The number of unbranched alkanes of at least 4 members (excludes halogenated alkanes) is 1. The maximum absolute atomic E-state index is 11.0. The van der Waals surface area contributed by atoms with Crippen LogP contribution in [-0.4, -0.2) is 18.0 Å². The molecule has 0 saturated heterocycles. The molecule has 106 valence electrons. The van der Waals surface area contributed by atoms with Crippen molar-refractivity contribution in [2.45, 2.75) is 24.3 Å². The number of aryl methyl sites for hydroxylation is 1. The summed E-state index contributed by atoms with van der Waals surface area (Å²) in [6, 6.07) is 10.4. The molecule has 0 heterocycles. The van der Waals surface area contributed by atoms with Gasteiger partial charge in [0.2, 0.25) is 0 Å². The number of carbonyl (C=O) groups excluding carboxylic acids is 1. The smallest absolute Gasteiger partial charge is 0.173 e. The fourth-order valence-corrected chi connectivity index (χ4v) is 2.47. The molecule has 1 aromatic rings. The third kappa shape index (κ3) is 4.06. The number of benzene rings is 1. The number of carbonyl (C=O) groups is 1. The van der Waals surface area contributed by atoms with Crippen molar-refractivity contribution in [3.63, 3.8) is 0 Å². The maximum Gasteiger partial charge on any atom is 0.173 e. The van der Waals surface area contributed by atoms with Gasteiger partial charge < -0.3 is 9.53 Å². The third-order valence-corrected chi connectivity index (χ3v) is 3.87. The predicted octanol–water partition coefficient (Wildman–Crippen LogP) is 3.90. The number of rotatable bonds is 7. The molecule has 1 aliphatic rings. The van der Waals surface area contributed by atoms with Crippen molar-refractivity contribution in [1.82, 2.24) is 0 Å². The lowest BCUT2D eigenvalue weighted by Crippen LogP contribution is -2.34. The minimum Gasteiger partial charge on any atom is -0.355 e. The van der Waals surface area contributed by atoms with E-state index < -0.39 is 11.0 Å². The van der Waals surface area contributed by atoms with E-state index in [0.717, 1.165) is 25.5 Å². The molecule has 0 radical (unpaired) electrons. The Balaban J connectivity index is 1.71. The van der Waals surface area contributed by atoms with Crippen LogP contribution in [0.15, 0.2) is 54.6 Å². The van der Waals surface area contributed by atoms with Crippen molar-refractivity contribution in [3.05, 3.63) is 60.2 Å². The average molecular weight is 291 g/mol. The Kier molecular flexibility index (Phi) is 5.57. The van der Waals surface area contributed by atoms with Gasteiger partial charge in [-0.05, 0) is 30.9 Å². The van der Waals surface area contributed by atoms with Gasteiger partial charge in [0.25, 0.3) is 0 Å². The van der Waals surface area contributed by atoms with Crippen molar-refractivity contribution in [2.75, 3.05) is 6.61 Å². The molecule has 1 aliphatic carbocycles. The van der Waals surface area contributed by atoms with E-state index in [-0.39, 0.29) is 0 Å². The lowest BCUT2D eigenvalue weighted by molar-refractivity contribution is -0.114. The molecule has 2 unspecified atom stereocenters. The average Bonchev–Trinajstić information content (AvgIpc) is 2.48. The lowest BCUT2D eigenvalue weighted by Gasteiger charge is -2.29. The summed E-state index contributed by atoms with van der Waals surface area (Å²) in [5, 5.41) is -1.01. The van der Waals surface area contributed by atoms with Crippen LogP contribution < -0.4 is 0 Å². The molecule has 0 N–H and O–H groups in total. The summed E-state index contributed by atoms with van der Waals surface area (Å²) >= 11 is 6.35. The Morgan fingerprint density at radius 3 is 2.75 bits per heavy atom. The van der Waals surface area contributed by atoms with Crippen LogP contribution in [0, 0.1) is 5.92 Å². The molecular formula is C17H19ClO2. The van der Waals surface area contributed by atoms with E-state index in [4.69, 9.17) is 16.3 Å². The first kappa shape index (κ1) is 15.0. The molecule has 2 rings (SSSR count). The number of aldehydes is 1. The molecule has 0 fully saturated rings. The predicted molar refractivity (Wildman–Crippen MR) is 81.8 cm³/mol.